The van der Waals surface area contributed by atoms with Crippen molar-refractivity contribution < 1.29 is 4.79 Å². The van der Waals surface area contributed by atoms with Crippen LogP contribution in [0.15, 0.2) is 70.1 Å². The predicted octanol–water partition coefficient (Wildman–Crippen LogP) is 4.31. The standard InChI is InChI=1S/C23H21N5O2S2/c1-23(2,28-20(29)10-9-17(26-28)19-4-3-12-31-19)21(30)24-16-7-5-15(6-8-16)18-14-27-11-13-32-22(27)25-18/h3-10,12,14H,11,13H2,1-2H3,(H,24,30). The summed E-state index contributed by atoms with van der Waals surface area (Å²) in [5.74, 6) is 0.748. The normalized spacial score (nSPS) is 13.2. The Kier molecular flexibility index (Phi) is 5.22. The van der Waals surface area contributed by atoms with Crippen LogP contribution in [-0.4, -0.2) is 31.0 Å². The summed E-state index contributed by atoms with van der Waals surface area (Å²) in [5.41, 5.74) is 1.72. The summed E-state index contributed by atoms with van der Waals surface area (Å²) in [4.78, 5) is 31.2. The third-order valence-electron chi connectivity index (χ3n) is 5.40. The number of nitrogens with one attached hydrogen (secondary N) is 1. The lowest BCUT2D eigenvalue weighted by Crippen LogP contribution is -2.47. The molecule has 0 bridgehead atoms. The third kappa shape index (κ3) is 3.78. The first-order valence-corrected chi connectivity index (χ1v) is 12.0. The average molecular weight is 464 g/mol. The van der Waals surface area contributed by atoms with Crippen molar-refractivity contribution >= 4 is 34.7 Å². The van der Waals surface area contributed by atoms with Gasteiger partial charge in [0.2, 0.25) is 0 Å². The third-order valence-corrected chi connectivity index (χ3v) is 7.26. The van der Waals surface area contributed by atoms with E-state index in [1.165, 1.54) is 22.1 Å². The van der Waals surface area contributed by atoms with Crippen LogP contribution in [0.5, 0.6) is 0 Å². The van der Waals surface area contributed by atoms with Crippen molar-refractivity contribution in [1.29, 1.82) is 0 Å². The summed E-state index contributed by atoms with van der Waals surface area (Å²) < 4.78 is 3.41. The zero-order chi connectivity index (χ0) is 22.3. The number of anilines is 1. The molecule has 1 N–H and O–H groups in total. The maximum atomic E-state index is 13.1. The largest absolute Gasteiger partial charge is 0.325 e. The van der Waals surface area contributed by atoms with Gasteiger partial charge in [0.05, 0.1) is 10.6 Å². The molecule has 1 aromatic carbocycles. The number of amides is 1. The number of nitrogens with zero attached hydrogens (tertiary/aromatic N) is 4. The van der Waals surface area contributed by atoms with Crippen molar-refractivity contribution in [3.05, 3.63) is 70.5 Å². The van der Waals surface area contributed by atoms with Gasteiger partial charge in [-0.2, -0.15) is 5.10 Å². The lowest BCUT2D eigenvalue weighted by atomic mass is 10.0. The highest BCUT2D eigenvalue weighted by atomic mass is 32.2. The maximum Gasteiger partial charge on any atom is 0.267 e. The van der Waals surface area contributed by atoms with E-state index in [9.17, 15) is 9.59 Å². The molecule has 1 aliphatic rings. The van der Waals surface area contributed by atoms with Gasteiger partial charge in [0.25, 0.3) is 11.5 Å². The minimum Gasteiger partial charge on any atom is -0.325 e. The number of benzene rings is 1. The highest BCUT2D eigenvalue weighted by molar-refractivity contribution is 7.99. The summed E-state index contributed by atoms with van der Waals surface area (Å²) in [5, 5.41) is 10.4. The monoisotopic (exact) mass is 463 g/mol. The quantitative estimate of drug-likeness (QED) is 0.477. The molecular weight excluding hydrogens is 442 g/mol. The van der Waals surface area contributed by atoms with E-state index in [4.69, 9.17) is 0 Å². The van der Waals surface area contributed by atoms with Gasteiger partial charge in [-0.05, 0) is 43.5 Å². The van der Waals surface area contributed by atoms with E-state index in [-0.39, 0.29) is 11.5 Å². The second kappa shape index (κ2) is 8.07. The molecule has 0 unspecified atom stereocenters. The molecule has 0 spiro atoms. The highest BCUT2D eigenvalue weighted by Crippen LogP contribution is 2.29. The molecule has 5 rings (SSSR count). The van der Waals surface area contributed by atoms with Crippen LogP contribution in [0.2, 0.25) is 0 Å². The van der Waals surface area contributed by atoms with Crippen LogP contribution >= 0.6 is 23.1 Å². The number of fused-ring (bicyclic) bond motifs is 1. The number of hydrogen-bond acceptors (Lipinski definition) is 6. The molecule has 4 aromatic rings. The number of aromatic nitrogens is 4. The van der Waals surface area contributed by atoms with Crippen LogP contribution in [0.1, 0.15) is 13.8 Å². The molecule has 3 aromatic heterocycles. The molecule has 1 amide bonds. The van der Waals surface area contributed by atoms with E-state index in [0.717, 1.165) is 33.6 Å². The summed E-state index contributed by atoms with van der Waals surface area (Å²) in [6, 6.07) is 14.6. The van der Waals surface area contributed by atoms with Gasteiger partial charge in [0.1, 0.15) is 11.2 Å². The van der Waals surface area contributed by atoms with Crippen molar-refractivity contribution in [1.82, 2.24) is 19.3 Å². The Balaban J connectivity index is 1.36. The van der Waals surface area contributed by atoms with Crippen molar-refractivity contribution in [2.24, 2.45) is 0 Å². The molecule has 162 valence electrons. The van der Waals surface area contributed by atoms with Gasteiger partial charge in [-0.3, -0.25) is 9.59 Å². The Bertz CT molecular complexity index is 1320. The Labute approximate surface area is 193 Å². The molecule has 4 heterocycles. The molecule has 7 nitrogen and oxygen atoms in total. The molecule has 0 radical (unpaired) electrons. The van der Waals surface area contributed by atoms with Gasteiger partial charge >= 0.3 is 0 Å². The van der Waals surface area contributed by atoms with Gasteiger partial charge in [-0.1, -0.05) is 30.0 Å². The number of carbonyl (C=O) groups excluding carboxylic acids is 1. The lowest BCUT2D eigenvalue weighted by molar-refractivity contribution is -0.123. The fourth-order valence-electron chi connectivity index (χ4n) is 3.52. The smallest absolute Gasteiger partial charge is 0.267 e. The number of thioether (sulfide) groups is 1. The number of imidazole rings is 1. The van der Waals surface area contributed by atoms with Crippen molar-refractivity contribution in [2.75, 3.05) is 11.1 Å². The number of carbonyl (C=O) groups is 1. The molecule has 0 aliphatic carbocycles. The first-order valence-electron chi connectivity index (χ1n) is 10.2. The Morgan fingerprint density at radius 1 is 1.09 bits per heavy atom. The Hall–Kier alpha value is -3.17. The zero-order valence-corrected chi connectivity index (χ0v) is 19.2. The molecule has 0 fully saturated rings. The lowest BCUT2D eigenvalue weighted by Gasteiger charge is -2.25. The van der Waals surface area contributed by atoms with Crippen LogP contribution in [0, 0.1) is 0 Å². The van der Waals surface area contributed by atoms with Crippen LogP contribution < -0.4 is 10.9 Å². The molecule has 0 atom stereocenters. The topological polar surface area (TPSA) is 81.8 Å². The molecular formula is C23H21N5O2S2. The van der Waals surface area contributed by atoms with Gasteiger partial charge < -0.3 is 9.88 Å². The second-order valence-corrected chi connectivity index (χ2v) is 10.00. The highest BCUT2D eigenvalue weighted by Gasteiger charge is 2.32. The van der Waals surface area contributed by atoms with Gasteiger partial charge in [-0.25, -0.2) is 9.67 Å². The SMILES string of the molecule is CC(C)(C(=O)Nc1ccc(-c2cn3c(n2)SCC3)cc1)n1nc(-c2cccs2)ccc1=O. The fraction of sp³-hybridized carbons (Fsp3) is 0.217. The molecule has 0 saturated carbocycles. The first kappa shape index (κ1) is 20.7. The van der Waals surface area contributed by atoms with Crippen LogP contribution in [-0.2, 0) is 16.9 Å². The number of rotatable bonds is 5. The molecule has 9 heteroatoms. The van der Waals surface area contributed by atoms with Gasteiger partial charge in [0, 0.05) is 35.8 Å². The molecule has 32 heavy (non-hydrogen) atoms. The summed E-state index contributed by atoms with van der Waals surface area (Å²) in [6.07, 6.45) is 2.06. The van der Waals surface area contributed by atoms with Crippen LogP contribution in [0.4, 0.5) is 5.69 Å². The number of thiophene rings is 1. The van der Waals surface area contributed by atoms with E-state index >= 15 is 0 Å². The minimum atomic E-state index is -1.18. The molecule has 1 aliphatic heterocycles. The minimum absolute atomic E-state index is 0.319. The van der Waals surface area contributed by atoms with Crippen molar-refractivity contribution in [3.63, 3.8) is 0 Å². The number of aryl methyl sites for hydroxylation is 1. The summed E-state index contributed by atoms with van der Waals surface area (Å²) in [6.45, 7) is 4.36. The Morgan fingerprint density at radius 3 is 2.62 bits per heavy atom. The number of hydrogen-bond donors (Lipinski definition) is 1. The Morgan fingerprint density at radius 2 is 1.91 bits per heavy atom. The van der Waals surface area contributed by atoms with Gasteiger partial charge in [-0.15, -0.1) is 11.3 Å². The van der Waals surface area contributed by atoms with Crippen molar-refractivity contribution in [2.45, 2.75) is 31.1 Å². The van der Waals surface area contributed by atoms with E-state index in [1.807, 2.05) is 41.8 Å². The van der Waals surface area contributed by atoms with E-state index < -0.39 is 5.54 Å². The second-order valence-electron chi connectivity index (χ2n) is 7.99. The van der Waals surface area contributed by atoms with Crippen molar-refractivity contribution in [3.8, 4) is 21.8 Å². The summed E-state index contributed by atoms with van der Waals surface area (Å²) in [7, 11) is 0. The summed E-state index contributed by atoms with van der Waals surface area (Å²) >= 11 is 3.29. The zero-order valence-electron chi connectivity index (χ0n) is 17.6. The fourth-order valence-corrected chi connectivity index (χ4v) is 5.15. The van der Waals surface area contributed by atoms with E-state index in [2.05, 4.69) is 26.2 Å². The van der Waals surface area contributed by atoms with E-state index in [0.29, 0.717) is 11.4 Å². The predicted molar refractivity (Wildman–Crippen MR) is 128 cm³/mol. The van der Waals surface area contributed by atoms with E-state index in [1.54, 1.807) is 31.7 Å². The van der Waals surface area contributed by atoms with Crippen LogP contribution in [0.3, 0.4) is 0 Å². The van der Waals surface area contributed by atoms with Crippen LogP contribution in [0.25, 0.3) is 21.8 Å². The average Bonchev–Trinajstić information content (AvgIpc) is 3.52. The molecule has 0 saturated heterocycles. The van der Waals surface area contributed by atoms with Gasteiger partial charge in [0.15, 0.2) is 5.16 Å². The first-order chi connectivity index (χ1) is 15.4. The maximum absolute atomic E-state index is 13.1.